The second-order valence-electron chi connectivity index (χ2n) is 3.22. The van der Waals surface area contributed by atoms with Crippen molar-refractivity contribution in [3.05, 3.63) is 0 Å². The van der Waals surface area contributed by atoms with E-state index < -0.39 is 0 Å². The van der Waals surface area contributed by atoms with E-state index in [2.05, 4.69) is 36.6 Å². The van der Waals surface area contributed by atoms with Gasteiger partial charge >= 0.3 is 0 Å². The Balaban J connectivity index is 3.45. The second-order valence-corrected chi connectivity index (χ2v) is 3.62. The third-order valence-corrected chi connectivity index (χ3v) is 1.94. The van der Waals surface area contributed by atoms with E-state index in [4.69, 9.17) is 12.2 Å². The van der Waals surface area contributed by atoms with E-state index in [0.29, 0.717) is 6.04 Å². The quantitative estimate of drug-likeness (QED) is 0.627. The Labute approximate surface area is 80.5 Å². The lowest BCUT2D eigenvalue weighted by Gasteiger charge is -2.17. The summed E-state index contributed by atoms with van der Waals surface area (Å²) in [5.41, 5.74) is 0. The minimum Gasteiger partial charge on any atom is -0.366 e. The smallest absolute Gasteiger partial charge is 0.166 e. The number of rotatable bonds is 4. The highest BCUT2D eigenvalue weighted by atomic mass is 32.1. The Morgan fingerprint density at radius 1 is 1.50 bits per heavy atom. The van der Waals surface area contributed by atoms with Crippen LogP contribution in [0.2, 0.25) is 0 Å². The lowest BCUT2D eigenvalue weighted by atomic mass is 10.2. The molecule has 72 valence electrons. The first-order chi connectivity index (χ1) is 5.56. The van der Waals surface area contributed by atoms with E-state index in [1.54, 1.807) is 0 Å². The van der Waals surface area contributed by atoms with Gasteiger partial charge in [-0.1, -0.05) is 0 Å². The molecule has 0 aliphatic carbocycles. The van der Waals surface area contributed by atoms with Gasteiger partial charge in [-0.3, -0.25) is 0 Å². The summed E-state index contributed by atoms with van der Waals surface area (Å²) in [5.74, 6) is 0. The van der Waals surface area contributed by atoms with E-state index in [1.807, 2.05) is 7.05 Å². The van der Waals surface area contributed by atoms with Crippen molar-refractivity contribution in [1.29, 1.82) is 0 Å². The minimum atomic E-state index is 0.437. The molecule has 0 saturated carbocycles. The van der Waals surface area contributed by atoms with Crippen LogP contribution >= 0.6 is 12.2 Å². The van der Waals surface area contributed by atoms with E-state index in [-0.39, 0.29) is 0 Å². The van der Waals surface area contributed by atoms with Crippen LogP contribution in [-0.2, 0) is 0 Å². The highest BCUT2D eigenvalue weighted by Gasteiger charge is 2.02. The van der Waals surface area contributed by atoms with Crippen LogP contribution in [0.1, 0.15) is 13.3 Å². The van der Waals surface area contributed by atoms with E-state index in [1.165, 1.54) is 0 Å². The van der Waals surface area contributed by atoms with Crippen molar-refractivity contribution in [2.75, 3.05) is 27.7 Å². The zero-order valence-corrected chi connectivity index (χ0v) is 9.16. The summed E-state index contributed by atoms with van der Waals surface area (Å²) in [4.78, 5) is 2.17. The summed E-state index contributed by atoms with van der Waals surface area (Å²) >= 11 is 4.98. The molecule has 0 aromatic carbocycles. The average Bonchev–Trinajstić information content (AvgIpc) is 2.00. The van der Waals surface area contributed by atoms with Crippen molar-refractivity contribution < 1.29 is 0 Å². The molecular weight excluding hydrogens is 170 g/mol. The van der Waals surface area contributed by atoms with Gasteiger partial charge in [0.15, 0.2) is 5.11 Å². The highest BCUT2D eigenvalue weighted by Crippen LogP contribution is 1.91. The first-order valence-corrected chi connectivity index (χ1v) is 4.60. The number of hydrogen-bond acceptors (Lipinski definition) is 2. The largest absolute Gasteiger partial charge is 0.366 e. The molecule has 3 nitrogen and oxygen atoms in total. The van der Waals surface area contributed by atoms with Crippen LogP contribution in [0.4, 0.5) is 0 Å². The summed E-state index contributed by atoms with van der Waals surface area (Å²) < 4.78 is 0. The normalized spacial score (nSPS) is 12.8. The Kier molecular flexibility index (Phi) is 6.02. The molecule has 0 aromatic heterocycles. The summed E-state index contributed by atoms with van der Waals surface area (Å²) in [7, 11) is 5.97. The van der Waals surface area contributed by atoms with Crippen LogP contribution in [0.5, 0.6) is 0 Å². The Morgan fingerprint density at radius 2 is 2.08 bits per heavy atom. The van der Waals surface area contributed by atoms with Gasteiger partial charge in [-0.25, -0.2) is 0 Å². The molecule has 0 rings (SSSR count). The van der Waals surface area contributed by atoms with Crippen LogP contribution in [0.15, 0.2) is 0 Å². The fourth-order valence-electron chi connectivity index (χ4n) is 0.820. The van der Waals surface area contributed by atoms with Gasteiger partial charge in [0.05, 0.1) is 0 Å². The van der Waals surface area contributed by atoms with Crippen LogP contribution in [0, 0.1) is 0 Å². The van der Waals surface area contributed by atoms with Crippen molar-refractivity contribution in [3.8, 4) is 0 Å². The van der Waals surface area contributed by atoms with Gasteiger partial charge in [-0.05, 0) is 46.2 Å². The molecule has 1 atom stereocenters. The monoisotopic (exact) mass is 189 g/mol. The molecule has 0 heterocycles. The molecular formula is C8H19N3S. The van der Waals surface area contributed by atoms with E-state index in [9.17, 15) is 0 Å². The van der Waals surface area contributed by atoms with Crippen molar-refractivity contribution in [3.63, 3.8) is 0 Å². The number of hydrogen-bond donors (Lipinski definition) is 2. The fraction of sp³-hybridized carbons (Fsp3) is 0.875. The molecule has 0 spiro atoms. The molecule has 2 N–H and O–H groups in total. The molecule has 1 unspecified atom stereocenters. The van der Waals surface area contributed by atoms with Gasteiger partial charge in [0.25, 0.3) is 0 Å². The Bertz CT molecular complexity index is 136. The van der Waals surface area contributed by atoms with E-state index in [0.717, 1.165) is 18.1 Å². The van der Waals surface area contributed by atoms with Crippen LogP contribution in [0.3, 0.4) is 0 Å². The molecule has 0 aliphatic heterocycles. The first-order valence-electron chi connectivity index (χ1n) is 4.19. The summed E-state index contributed by atoms with van der Waals surface area (Å²) in [6.45, 7) is 3.22. The lowest BCUT2D eigenvalue weighted by Crippen LogP contribution is -2.39. The maximum atomic E-state index is 4.98. The molecule has 0 amide bonds. The van der Waals surface area contributed by atoms with Crippen molar-refractivity contribution in [2.24, 2.45) is 0 Å². The topological polar surface area (TPSA) is 27.3 Å². The maximum absolute atomic E-state index is 4.98. The van der Waals surface area contributed by atoms with E-state index >= 15 is 0 Å². The standard InChI is InChI=1S/C8H19N3S/c1-7(5-6-11(3)4)10-8(12)9-2/h7H,5-6H2,1-4H3,(H2,9,10,12). The van der Waals surface area contributed by atoms with Crippen molar-refractivity contribution >= 4 is 17.3 Å². The minimum absolute atomic E-state index is 0.437. The predicted octanol–water partition coefficient (Wildman–Crippen LogP) is 0.420. The lowest BCUT2D eigenvalue weighted by molar-refractivity contribution is 0.378. The van der Waals surface area contributed by atoms with Crippen molar-refractivity contribution in [2.45, 2.75) is 19.4 Å². The molecule has 0 aliphatic rings. The SMILES string of the molecule is CNC(=S)NC(C)CCN(C)C. The number of nitrogens with zero attached hydrogens (tertiary/aromatic N) is 1. The van der Waals surface area contributed by atoms with Gasteiger partial charge < -0.3 is 15.5 Å². The molecule has 0 aromatic rings. The third-order valence-electron chi connectivity index (χ3n) is 1.61. The molecule has 0 radical (unpaired) electrons. The Morgan fingerprint density at radius 3 is 2.50 bits per heavy atom. The molecule has 12 heavy (non-hydrogen) atoms. The zero-order chi connectivity index (χ0) is 9.56. The van der Waals surface area contributed by atoms with Gasteiger partial charge in [-0.2, -0.15) is 0 Å². The van der Waals surface area contributed by atoms with Crippen molar-refractivity contribution in [1.82, 2.24) is 15.5 Å². The first kappa shape index (κ1) is 11.6. The maximum Gasteiger partial charge on any atom is 0.166 e. The fourth-order valence-corrected chi connectivity index (χ4v) is 1.02. The molecule has 0 bridgehead atoms. The summed E-state index contributed by atoms with van der Waals surface area (Å²) in [5, 5.41) is 6.79. The van der Waals surface area contributed by atoms with Gasteiger partial charge in [0.2, 0.25) is 0 Å². The summed E-state index contributed by atoms with van der Waals surface area (Å²) in [6.07, 6.45) is 1.11. The van der Waals surface area contributed by atoms with Gasteiger partial charge in [-0.15, -0.1) is 0 Å². The average molecular weight is 189 g/mol. The number of thiocarbonyl (C=S) groups is 1. The molecule has 0 saturated heterocycles. The molecule has 0 fully saturated rings. The predicted molar refractivity (Wildman–Crippen MR) is 57.4 cm³/mol. The number of nitrogens with one attached hydrogen (secondary N) is 2. The van der Waals surface area contributed by atoms with Gasteiger partial charge in [0.1, 0.15) is 0 Å². The second kappa shape index (κ2) is 6.20. The highest BCUT2D eigenvalue weighted by molar-refractivity contribution is 7.80. The van der Waals surface area contributed by atoms with Crippen LogP contribution < -0.4 is 10.6 Å². The third kappa shape index (κ3) is 6.37. The van der Waals surface area contributed by atoms with Gasteiger partial charge in [0, 0.05) is 13.1 Å². The summed E-state index contributed by atoms with van der Waals surface area (Å²) in [6, 6.07) is 0.437. The Hall–Kier alpha value is -0.350. The van der Waals surface area contributed by atoms with Crippen LogP contribution in [-0.4, -0.2) is 43.7 Å². The zero-order valence-electron chi connectivity index (χ0n) is 8.35. The molecule has 4 heteroatoms. The van der Waals surface area contributed by atoms with Crippen LogP contribution in [0.25, 0.3) is 0 Å².